The molecule has 3 aromatic rings. The van der Waals surface area contributed by atoms with E-state index in [1.807, 2.05) is 24.3 Å². The second kappa shape index (κ2) is 6.62. The summed E-state index contributed by atoms with van der Waals surface area (Å²) in [4.78, 5) is 15.2. The lowest BCUT2D eigenvalue weighted by Gasteiger charge is -2.12. The van der Waals surface area contributed by atoms with Gasteiger partial charge in [0.2, 0.25) is 0 Å². The number of rotatable bonds is 4. The van der Waals surface area contributed by atoms with Crippen molar-refractivity contribution in [2.45, 2.75) is 6.10 Å². The Labute approximate surface area is 143 Å². The fourth-order valence-corrected chi connectivity index (χ4v) is 2.91. The monoisotopic (exact) mass is 348 g/mol. The van der Waals surface area contributed by atoms with Gasteiger partial charge in [0.15, 0.2) is 0 Å². The summed E-state index contributed by atoms with van der Waals surface area (Å²) in [5, 5.41) is 14.7. The van der Waals surface area contributed by atoms with Gasteiger partial charge in [0.1, 0.15) is 5.69 Å². The van der Waals surface area contributed by atoms with Crippen LogP contribution in [-0.2, 0) is 0 Å². The van der Waals surface area contributed by atoms with Crippen LogP contribution in [0.3, 0.4) is 0 Å². The third-order valence-electron chi connectivity index (χ3n) is 3.50. The fourth-order valence-electron chi connectivity index (χ4n) is 2.37. The van der Waals surface area contributed by atoms with Gasteiger partial charge in [-0.2, -0.15) is 0 Å². The van der Waals surface area contributed by atoms with Gasteiger partial charge in [-0.15, -0.1) is 0 Å². The van der Waals surface area contributed by atoms with Crippen molar-refractivity contribution in [2.75, 3.05) is 6.54 Å². The average Bonchev–Trinajstić information content (AvgIpc) is 2.95. The summed E-state index contributed by atoms with van der Waals surface area (Å²) in [6.07, 6.45) is -0.889. The normalized spacial score (nSPS) is 12.3. The number of nitrogens with one attached hydrogen (secondary N) is 2. The molecular formula is C17H14Cl2N2O2. The van der Waals surface area contributed by atoms with Crippen molar-refractivity contribution in [3.63, 3.8) is 0 Å². The maximum Gasteiger partial charge on any atom is 0.267 e. The zero-order valence-electron chi connectivity index (χ0n) is 12.0. The van der Waals surface area contributed by atoms with Crippen LogP contribution in [0.4, 0.5) is 0 Å². The van der Waals surface area contributed by atoms with Gasteiger partial charge in [-0.1, -0.05) is 41.4 Å². The number of aromatic nitrogens is 1. The standard InChI is InChI=1S/C17H14Cl2N2O2/c18-12-5-11(6-13(19)8-12)16(22)9-20-17(23)15-7-10-3-1-2-4-14(10)21-15/h1-8,16,21-22H,9H2,(H,20,23). The molecule has 118 valence electrons. The van der Waals surface area contributed by atoms with E-state index in [1.165, 1.54) is 0 Å². The predicted molar refractivity (Wildman–Crippen MR) is 92.1 cm³/mol. The molecule has 1 atom stereocenters. The van der Waals surface area contributed by atoms with E-state index in [0.29, 0.717) is 21.3 Å². The van der Waals surface area contributed by atoms with Crippen molar-refractivity contribution in [1.82, 2.24) is 10.3 Å². The van der Waals surface area contributed by atoms with Crippen LogP contribution in [0, 0.1) is 0 Å². The Morgan fingerprint density at radius 2 is 1.83 bits per heavy atom. The Balaban J connectivity index is 1.68. The zero-order chi connectivity index (χ0) is 16.4. The van der Waals surface area contributed by atoms with Crippen LogP contribution in [0.5, 0.6) is 0 Å². The number of benzene rings is 2. The minimum Gasteiger partial charge on any atom is -0.387 e. The molecule has 0 aliphatic carbocycles. The van der Waals surface area contributed by atoms with E-state index < -0.39 is 6.10 Å². The molecule has 0 aliphatic heterocycles. The summed E-state index contributed by atoms with van der Waals surface area (Å²) in [6, 6.07) is 14.2. The minimum atomic E-state index is -0.889. The molecule has 0 spiro atoms. The number of hydrogen-bond acceptors (Lipinski definition) is 2. The predicted octanol–water partition coefficient (Wildman–Crippen LogP) is 3.94. The summed E-state index contributed by atoms with van der Waals surface area (Å²) < 4.78 is 0. The molecule has 1 aromatic heterocycles. The number of fused-ring (bicyclic) bond motifs is 1. The molecule has 0 fully saturated rings. The number of aliphatic hydroxyl groups is 1. The molecule has 3 rings (SSSR count). The molecule has 1 amide bonds. The van der Waals surface area contributed by atoms with E-state index in [9.17, 15) is 9.90 Å². The largest absolute Gasteiger partial charge is 0.387 e. The highest BCUT2D eigenvalue weighted by molar-refractivity contribution is 6.34. The van der Waals surface area contributed by atoms with Crippen molar-refractivity contribution >= 4 is 40.0 Å². The lowest BCUT2D eigenvalue weighted by Crippen LogP contribution is -2.28. The van der Waals surface area contributed by atoms with Crippen LogP contribution in [-0.4, -0.2) is 22.5 Å². The van der Waals surface area contributed by atoms with Crippen molar-refractivity contribution in [2.24, 2.45) is 0 Å². The summed E-state index contributed by atoms with van der Waals surface area (Å²) >= 11 is 11.8. The van der Waals surface area contributed by atoms with E-state index in [-0.39, 0.29) is 12.5 Å². The summed E-state index contributed by atoms with van der Waals surface area (Å²) in [5.41, 5.74) is 1.89. The molecule has 0 saturated carbocycles. The van der Waals surface area contributed by atoms with Crippen molar-refractivity contribution in [3.8, 4) is 0 Å². The lowest BCUT2D eigenvalue weighted by atomic mass is 10.1. The summed E-state index contributed by atoms with van der Waals surface area (Å²) in [6.45, 7) is 0.0604. The number of carbonyl (C=O) groups excluding carboxylic acids is 1. The van der Waals surface area contributed by atoms with Gasteiger partial charge >= 0.3 is 0 Å². The molecule has 0 aliphatic rings. The van der Waals surface area contributed by atoms with Gasteiger partial charge in [-0.05, 0) is 35.9 Å². The highest BCUT2D eigenvalue weighted by Gasteiger charge is 2.13. The molecule has 3 N–H and O–H groups in total. The molecule has 23 heavy (non-hydrogen) atoms. The smallest absolute Gasteiger partial charge is 0.267 e. The summed E-state index contributed by atoms with van der Waals surface area (Å²) in [5.74, 6) is -0.284. The molecule has 0 saturated heterocycles. The van der Waals surface area contributed by atoms with Crippen LogP contribution < -0.4 is 5.32 Å². The number of aliphatic hydroxyl groups excluding tert-OH is 1. The van der Waals surface area contributed by atoms with Crippen molar-refractivity contribution < 1.29 is 9.90 Å². The van der Waals surface area contributed by atoms with Gasteiger partial charge in [0.05, 0.1) is 6.10 Å². The lowest BCUT2D eigenvalue weighted by molar-refractivity contribution is 0.0912. The van der Waals surface area contributed by atoms with Gasteiger partial charge in [-0.3, -0.25) is 4.79 Å². The van der Waals surface area contributed by atoms with Crippen LogP contribution in [0.15, 0.2) is 48.5 Å². The Hall–Kier alpha value is -2.01. The van der Waals surface area contributed by atoms with E-state index in [1.54, 1.807) is 24.3 Å². The maximum absolute atomic E-state index is 12.2. The first kappa shape index (κ1) is 15.9. The van der Waals surface area contributed by atoms with Crippen LogP contribution >= 0.6 is 23.2 Å². The third-order valence-corrected chi connectivity index (χ3v) is 3.94. The number of carbonyl (C=O) groups is 1. The number of H-pyrrole nitrogens is 1. The number of aromatic amines is 1. The third kappa shape index (κ3) is 3.67. The van der Waals surface area contributed by atoms with E-state index in [0.717, 1.165) is 10.9 Å². The molecule has 1 heterocycles. The van der Waals surface area contributed by atoms with Gasteiger partial charge in [0.25, 0.3) is 5.91 Å². The number of halogens is 2. The van der Waals surface area contributed by atoms with Gasteiger partial charge in [0, 0.05) is 27.5 Å². The molecule has 0 bridgehead atoms. The van der Waals surface area contributed by atoms with Gasteiger partial charge in [-0.25, -0.2) is 0 Å². The first-order valence-electron chi connectivity index (χ1n) is 7.03. The average molecular weight is 349 g/mol. The zero-order valence-corrected chi connectivity index (χ0v) is 13.5. The van der Waals surface area contributed by atoms with E-state index >= 15 is 0 Å². The van der Waals surface area contributed by atoms with Gasteiger partial charge < -0.3 is 15.4 Å². The Kier molecular flexibility index (Phi) is 4.57. The van der Waals surface area contributed by atoms with E-state index in [2.05, 4.69) is 10.3 Å². The fraction of sp³-hybridized carbons (Fsp3) is 0.118. The second-order valence-electron chi connectivity index (χ2n) is 5.20. The molecule has 4 nitrogen and oxygen atoms in total. The highest BCUT2D eigenvalue weighted by atomic mass is 35.5. The Morgan fingerprint density at radius 1 is 1.13 bits per heavy atom. The van der Waals surface area contributed by atoms with Crippen molar-refractivity contribution in [1.29, 1.82) is 0 Å². The van der Waals surface area contributed by atoms with Crippen LogP contribution in [0.2, 0.25) is 10.0 Å². The topological polar surface area (TPSA) is 65.1 Å². The first-order chi connectivity index (χ1) is 11.0. The number of amides is 1. The molecule has 1 unspecified atom stereocenters. The number of para-hydroxylation sites is 1. The Morgan fingerprint density at radius 3 is 2.52 bits per heavy atom. The molecule has 6 heteroatoms. The quantitative estimate of drug-likeness (QED) is 0.668. The SMILES string of the molecule is O=C(NCC(O)c1cc(Cl)cc(Cl)c1)c1cc2ccccc2[nH]1. The molecule has 2 aromatic carbocycles. The maximum atomic E-state index is 12.2. The van der Waals surface area contributed by atoms with Crippen LogP contribution in [0.25, 0.3) is 10.9 Å². The van der Waals surface area contributed by atoms with E-state index in [4.69, 9.17) is 23.2 Å². The highest BCUT2D eigenvalue weighted by Crippen LogP contribution is 2.23. The summed E-state index contributed by atoms with van der Waals surface area (Å²) in [7, 11) is 0. The second-order valence-corrected chi connectivity index (χ2v) is 6.07. The van der Waals surface area contributed by atoms with Crippen LogP contribution in [0.1, 0.15) is 22.2 Å². The molecular weight excluding hydrogens is 335 g/mol. The molecule has 0 radical (unpaired) electrons. The number of hydrogen-bond donors (Lipinski definition) is 3. The Bertz CT molecular complexity index is 807. The first-order valence-corrected chi connectivity index (χ1v) is 7.78. The van der Waals surface area contributed by atoms with Crippen molar-refractivity contribution in [3.05, 3.63) is 69.8 Å². The minimum absolute atomic E-state index is 0.0604.